The minimum atomic E-state index is -0.291. The van der Waals surface area contributed by atoms with Gasteiger partial charge in [0.25, 0.3) is 0 Å². The molecule has 2 atom stereocenters. The van der Waals surface area contributed by atoms with Crippen molar-refractivity contribution in [1.82, 2.24) is 5.32 Å². The third-order valence-corrected chi connectivity index (χ3v) is 5.28. The van der Waals surface area contributed by atoms with Crippen LogP contribution >= 0.6 is 11.8 Å². The number of amides is 2. The molecular formula is C17H25N3O2S. The Bertz CT molecular complexity index is 572. The quantitative estimate of drug-likeness (QED) is 0.668. The first-order chi connectivity index (χ1) is 10.8. The molecule has 1 saturated carbocycles. The van der Waals surface area contributed by atoms with Crippen molar-refractivity contribution < 1.29 is 9.59 Å². The van der Waals surface area contributed by atoms with Gasteiger partial charge in [-0.2, -0.15) is 0 Å². The summed E-state index contributed by atoms with van der Waals surface area (Å²) in [5.74, 6) is 0.422. The molecule has 0 aliphatic heterocycles. The second-order valence-corrected chi connectivity index (χ2v) is 7.76. The van der Waals surface area contributed by atoms with Crippen molar-refractivity contribution in [2.75, 3.05) is 11.9 Å². The van der Waals surface area contributed by atoms with Gasteiger partial charge in [-0.1, -0.05) is 0 Å². The summed E-state index contributed by atoms with van der Waals surface area (Å²) in [7, 11) is 0. The highest BCUT2D eigenvalue weighted by Crippen LogP contribution is 2.39. The molecular weight excluding hydrogens is 310 g/mol. The van der Waals surface area contributed by atoms with Gasteiger partial charge in [0.15, 0.2) is 0 Å². The largest absolute Gasteiger partial charge is 0.348 e. The maximum absolute atomic E-state index is 12.4. The van der Waals surface area contributed by atoms with E-state index in [2.05, 4.69) is 10.6 Å². The average molecular weight is 335 g/mol. The molecule has 0 spiro atoms. The first-order valence-corrected chi connectivity index (χ1v) is 8.78. The SMILES string of the molecule is CC(=O)Nc1ccc(SC(C)C(=O)NC(C)(CN)C2CC2)cc1. The van der Waals surface area contributed by atoms with Crippen LogP contribution in [0.4, 0.5) is 5.69 Å². The van der Waals surface area contributed by atoms with Gasteiger partial charge in [-0.15, -0.1) is 11.8 Å². The van der Waals surface area contributed by atoms with Gasteiger partial charge < -0.3 is 16.4 Å². The van der Waals surface area contributed by atoms with Crippen LogP contribution in [0.15, 0.2) is 29.2 Å². The normalized spacial score (nSPS) is 17.9. The Morgan fingerprint density at radius 2 is 1.96 bits per heavy atom. The lowest BCUT2D eigenvalue weighted by molar-refractivity contribution is -0.122. The number of thioether (sulfide) groups is 1. The summed E-state index contributed by atoms with van der Waals surface area (Å²) in [5.41, 5.74) is 6.31. The van der Waals surface area contributed by atoms with Gasteiger partial charge in [0.1, 0.15) is 0 Å². The van der Waals surface area contributed by atoms with Crippen LogP contribution < -0.4 is 16.4 Å². The van der Waals surface area contributed by atoms with E-state index in [0.717, 1.165) is 23.4 Å². The highest BCUT2D eigenvalue weighted by molar-refractivity contribution is 8.00. The second-order valence-electron chi connectivity index (χ2n) is 6.35. The summed E-state index contributed by atoms with van der Waals surface area (Å²) in [6, 6.07) is 7.48. The maximum atomic E-state index is 12.4. The van der Waals surface area contributed by atoms with Crippen molar-refractivity contribution >= 4 is 29.3 Å². The molecule has 23 heavy (non-hydrogen) atoms. The summed E-state index contributed by atoms with van der Waals surface area (Å²) in [5, 5.41) is 5.64. The van der Waals surface area contributed by atoms with E-state index >= 15 is 0 Å². The summed E-state index contributed by atoms with van der Waals surface area (Å²) in [4.78, 5) is 24.4. The summed E-state index contributed by atoms with van der Waals surface area (Å²) in [6.45, 7) is 5.86. The Morgan fingerprint density at radius 3 is 2.43 bits per heavy atom. The predicted octanol–water partition coefficient (Wildman–Crippen LogP) is 2.37. The fourth-order valence-corrected chi connectivity index (χ4v) is 3.37. The molecule has 0 aromatic heterocycles. The van der Waals surface area contributed by atoms with Crippen LogP contribution in [-0.4, -0.2) is 29.1 Å². The van der Waals surface area contributed by atoms with Crippen LogP contribution in [0, 0.1) is 5.92 Å². The van der Waals surface area contributed by atoms with Gasteiger partial charge >= 0.3 is 0 Å². The van der Waals surface area contributed by atoms with Gasteiger partial charge in [0, 0.05) is 24.1 Å². The van der Waals surface area contributed by atoms with E-state index in [0.29, 0.717) is 12.5 Å². The lowest BCUT2D eigenvalue weighted by atomic mass is 9.96. The molecule has 5 nitrogen and oxygen atoms in total. The number of nitrogens with two attached hydrogens (primary N) is 1. The Morgan fingerprint density at radius 1 is 1.35 bits per heavy atom. The van der Waals surface area contributed by atoms with E-state index in [4.69, 9.17) is 5.73 Å². The first-order valence-electron chi connectivity index (χ1n) is 7.90. The molecule has 126 valence electrons. The molecule has 1 fully saturated rings. The van der Waals surface area contributed by atoms with Crippen molar-refractivity contribution in [2.24, 2.45) is 11.7 Å². The predicted molar refractivity (Wildman–Crippen MR) is 94.4 cm³/mol. The molecule has 0 bridgehead atoms. The summed E-state index contributed by atoms with van der Waals surface area (Å²) in [6.07, 6.45) is 2.28. The molecule has 1 aliphatic carbocycles. The number of anilines is 1. The van der Waals surface area contributed by atoms with Gasteiger partial charge in [-0.05, 0) is 56.9 Å². The fourth-order valence-electron chi connectivity index (χ4n) is 2.50. The minimum absolute atomic E-state index is 0.0146. The zero-order chi connectivity index (χ0) is 17.0. The molecule has 1 aromatic rings. The monoisotopic (exact) mass is 335 g/mol. The standard InChI is InChI=1S/C17H25N3O2S/c1-11(16(22)20-17(3,10-18)13-4-5-13)23-15-8-6-14(7-9-15)19-12(2)21/h6-9,11,13H,4-5,10,18H2,1-3H3,(H,19,21)(H,20,22). The molecule has 0 heterocycles. The van der Waals surface area contributed by atoms with Gasteiger partial charge in [-0.25, -0.2) is 0 Å². The molecule has 4 N–H and O–H groups in total. The molecule has 2 amide bonds. The smallest absolute Gasteiger partial charge is 0.233 e. The van der Waals surface area contributed by atoms with E-state index < -0.39 is 0 Å². The molecule has 0 radical (unpaired) electrons. The maximum Gasteiger partial charge on any atom is 0.233 e. The number of carbonyl (C=O) groups excluding carboxylic acids is 2. The van der Waals surface area contributed by atoms with Gasteiger partial charge in [-0.3, -0.25) is 9.59 Å². The van der Waals surface area contributed by atoms with Crippen molar-refractivity contribution in [3.8, 4) is 0 Å². The van der Waals surface area contributed by atoms with Crippen LogP contribution in [0.25, 0.3) is 0 Å². The topological polar surface area (TPSA) is 84.2 Å². The Hall–Kier alpha value is -1.53. The van der Waals surface area contributed by atoms with Crippen LogP contribution in [0.5, 0.6) is 0 Å². The summed E-state index contributed by atoms with van der Waals surface area (Å²) >= 11 is 1.50. The van der Waals surface area contributed by atoms with E-state index in [1.165, 1.54) is 18.7 Å². The van der Waals surface area contributed by atoms with Crippen LogP contribution in [0.2, 0.25) is 0 Å². The van der Waals surface area contributed by atoms with Crippen molar-refractivity contribution in [3.05, 3.63) is 24.3 Å². The van der Waals surface area contributed by atoms with Crippen LogP contribution in [0.3, 0.4) is 0 Å². The molecule has 2 unspecified atom stereocenters. The number of benzene rings is 1. The number of nitrogens with one attached hydrogen (secondary N) is 2. The Labute approximate surface area is 141 Å². The molecule has 1 aromatic carbocycles. The molecule has 2 rings (SSSR count). The zero-order valence-corrected chi connectivity index (χ0v) is 14.7. The van der Waals surface area contributed by atoms with Crippen molar-refractivity contribution in [1.29, 1.82) is 0 Å². The molecule has 6 heteroatoms. The highest BCUT2D eigenvalue weighted by Gasteiger charge is 2.42. The van der Waals surface area contributed by atoms with Crippen LogP contribution in [-0.2, 0) is 9.59 Å². The lowest BCUT2D eigenvalue weighted by Crippen LogP contribution is -2.54. The third kappa shape index (κ3) is 4.97. The minimum Gasteiger partial charge on any atom is -0.348 e. The van der Waals surface area contributed by atoms with Gasteiger partial charge in [0.05, 0.1) is 10.8 Å². The van der Waals surface area contributed by atoms with E-state index in [-0.39, 0.29) is 22.6 Å². The number of hydrogen-bond donors (Lipinski definition) is 3. The third-order valence-electron chi connectivity index (χ3n) is 4.17. The van der Waals surface area contributed by atoms with Crippen molar-refractivity contribution in [2.45, 2.75) is 49.3 Å². The Balaban J connectivity index is 1.91. The number of carbonyl (C=O) groups is 2. The number of hydrogen-bond acceptors (Lipinski definition) is 4. The summed E-state index contributed by atoms with van der Waals surface area (Å²) < 4.78 is 0. The highest BCUT2D eigenvalue weighted by atomic mass is 32.2. The van der Waals surface area contributed by atoms with E-state index in [9.17, 15) is 9.59 Å². The zero-order valence-electron chi connectivity index (χ0n) is 13.9. The van der Waals surface area contributed by atoms with Crippen LogP contribution in [0.1, 0.15) is 33.6 Å². The molecule has 1 aliphatic rings. The van der Waals surface area contributed by atoms with Crippen molar-refractivity contribution in [3.63, 3.8) is 0 Å². The van der Waals surface area contributed by atoms with Gasteiger partial charge in [0.2, 0.25) is 11.8 Å². The fraction of sp³-hybridized carbons (Fsp3) is 0.529. The van der Waals surface area contributed by atoms with E-state index in [1.807, 2.05) is 38.1 Å². The Kier molecular flexibility index (Phi) is 5.70. The first kappa shape index (κ1) is 17.8. The molecule has 0 saturated heterocycles. The lowest BCUT2D eigenvalue weighted by Gasteiger charge is -2.30. The number of rotatable bonds is 7. The van der Waals surface area contributed by atoms with E-state index in [1.54, 1.807) is 0 Å². The average Bonchev–Trinajstić information content (AvgIpc) is 3.33. The second kappa shape index (κ2) is 7.36.